The second-order valence-electron chi connectivity index (χ2n) is 5.66. The molecule has 0 radical (unpaired) electrons. The predicted molar refractivity (Wildman–Crippen MR) is 79.7 cm³/mol. The molecule has 0 spiro atoms. The van der Waals surface area contributed by atoms with Crippen LogP contribution in [-0.4, -0.2) is 53.0 Å². The Labute approximate surface area is 129 Å². The van der Waals surface area contributed by atoms with Crippen molar-refractivity contribution in [2.75, 3.05) is 20.1 Å². The highest BCUT2D eigenvalue weighted by molar-refractivity contribution is 5.82. The Morgan fingerprint density at radius 2 is 2.05 bits per heavy atom. The van der Waals surface area contributed by atoms with Crippen LogP contribution in [0.4, 0.5) is 4.39 Å². The largest absolute Gasteiger partial charge is 0.481 e. The van der Waals surface area contributed by atoms with Gasteiger partial charge in [-0.3, -0.25) is 14.5 Å². The molecule has 120 valence electrons. The Morgan fingerprint density at radius 1 is 1.36 bits per heavy atom. The van der Waals surface area contributed by atoms with Gasteiger partial charge < -0.3 is 10.0 Å². The summed E-state index contributed by atoms with van der Waals surface area (Å²) in [7, 11) is 1.64. The minimum atomic E-state index is -0.908. The minimum absolute atomic E-state index is 0.0409. The fourth-order valence-electron chi connectivity index (χ4n) is 2.75. The van der Waals surface area contributed by atoms with E-state index in [1.54, 1.807) is 19.2 Å². The van der Waals surface area contributed by atoms with E-state index in [1.165, 1.54) is 17.0 Å². The molecule has 2 rings (SSSR count). The van der Waals surface area contributed by atoms with Crippen molar-refractivity contribution in [3.05, 3.63) is 35.6 Å². The number of likely N-dealkylation sites (tertiary alicyclic amines) is 1. The van der Waals surface area contributed by atoms with Crippen LogP contribution in [0.15, 0.2) is 24.3 Å². The SMILES string of the molecule is CN(CCC(=O)O)C(=O)[C@@H]1CCCN1Cc1ccc(F)cc1. The van der Waals surface area contributed by atoms with Crippen LogP contribution in [0.5, 0.6) is 0 Å². The second kappa shape index (κ2) is 7.35. The van der Waals surface area contributed by atoms with Gasteiger partial charge in [0.05, 0.1) is 12.5 Å². The number of aliphatic carboxylic acids is 1. The number of benzene rings is 1. The number of nitrogens with zero attached hydrogens (tertiary/aromatic N) is 2. The van der Waals surface area contributed by atoms with E-state index < -0.39 is 5.97 Å². The van der Waals surface area contributed by atoms with Gasteiger partial charge in [0.1, 0.15) is 5.82 Å². The summed E-state index contributed by atoms with van der Waals surface area (Å²) >= 11 is 0. The third kappa shape index (κ3) is 4.27. The molecule has 1 amide bonds. The van der Waals surface area contributed by atoms with Crippen molar-refractivity contribution in [1.82, 2.24) is 9.80 Å². The van der Waals surface area contributed by atoms with Gasteiger partial charge in [-0.25, -0.2) is 4.39 Å². The number of amides is 1. The number of carbonyl (C=O) groups is 2. The first-order valence-electron chi connectivity index (χ1n) is 7.42. The van der Waals surface area contributed by atoms with Gasteiger partial charge in [-0.15, -0.1) is 0 Å². The first-order chi connectivity index (χ1) is 10.5. The molecule has 0 aliphatic carbocycles. The van der Waals surface area contributed by atoms with Crippen LogP contribution >= 0.6 is 0 Å². The quantitative estimate of drug-likeness (QED) is 0.869. The Morgan fingerprint density at radius 3 is 2.68 bits per heavy atom. The molecule has 1 aliphatic rings. The molecule has 1 aliphatic heterocycles. The number of hydrogen-bond donors (Lipinski definition) is 1. The van der Waals surface area contributed by atoms with Crippen LogP contribution in [-0.2, 0) is 16.1 Å². The molecule has 0 aromatic heterocycles. The average Bonchev–Trinajstić information content (AvgIpc) is 2.94. The Balaban J connectivity index is 1.95. The van der Waals surface area contributed by atoms with Crippen LogP contribution in [0.1, 0.15) is 24.8 Å². The first-order valence-corrected chi connectivity index (χ1v) is 7.42. The lowest BCUT2D eigenvalue weighted by Gasteiger charge is -2.27. The molecule has 0 saturated carbocycles. The topological polar surface area (TPSA) is 60.9 Å². The minimum Gasteiger partial charge on any atom is -0.481 e. The molecule has 0 bridgehead atoms. The van der Waals surface area contributed by atoms with Crippen LogP contribution in [0.25, 0.3) is 0 Å². The van der Waals surface area contributed by atoms with Gasteiger partial charge in [0, 0.05) is 20.1 Å². The Kier molecular flexibility index (Phi) is 5.49. The molecule has 1 fully saturated rings. The lowest BCUT2D eigenvalue weighted by atomic mass is 10.1. The van der Waals surface area contributed by atoms with Crippen molar-refractivity contribution >= 4 is 11.9 Å². The highest BCUT2D eigenvalue weighted by Crippen LogP contribution is 2.21. The fraction of sp³-hybridized carbons (Fsp3) is 0.500. The maximum atomic E-state index is 12.9. The lowest BCUT2D eigenvalue weighted by Crippen LogP contribution is -2.44. The van der Waals surface area contributed by atoms with Gasteiger partial charge in [0.25, 0.3) is 0 Å². The first kappa shape index (κ1) is 16.4. The van der Waals surface area contributed by atoms with Gasteiger partial charge in [0.2, 0.25) is 5.91 Å². The maximum Gasteiger partial charge on any atom is 0.305 e. The zero-order chi connectivity index (χ0) is 16.1. The zero-order valence-corrected chi connectivity index (χ0v) is 12.7. The van der Waals surface area contributed by atoms with E-state index in [4.69, 9.17) is 5.11 Å². The van der Waals surface area contributed by atoms with Crippen LogP contribution < -0.4 is 0 Å². The van der Waals surface area contributed by atoms with Crippen molar-refractivity contribution in [1.29, 1.82) is 0 Å². The second-order valence-corrected chi connectivity index (χ2v) is 5.66. The molecular weight excluding hydrogens is 287 g/mol. The number of hydrogen-bond acceptors (Lipinski definition) is 3. The van der Waals surface area contributed by atoms with E-state index in [0.717, 1.165) is 24.9 Å². The molecule has 1 atom stereocenters. The summed E-state index contributed by atoms with van der Waals surface area (Å²) in [6, 6.07) is 6.07. The third-order valence-electron chi connectivity index (χ3n) is 3.98. The Bertz CT molecular complexity index is 533. The fourth-order valence-corrected chi connectivity index (χ4v) is 2.75. The Hall–Kier alpha value is -1.95. The maximum absolute atomic E-state index is 12.9. The number of likely N-dealkylation sites (N-methyl/N-ethyl adjacent to an activating group) is 1. The monoisotopic (exact) mass is 308 g/mol. The van der Waals surface area contributed by atoms with Gasteiger partial charge in [-0.05, 0) is 37.1 Å². The van der Waals surface area contributed by atoms with E-state index in [9.17, 15) is 14.0 Å². The average molecular weight is 308 g/mol. The van der Waals surface area contributed by atoms with E-state index in [0.29, 0.717) is 6.54 Å². The molecular formula is C16H21FN2O3. The smallest absolute Gasteiger partial charge is 0.305 e. The van der Waals surface area contributed by atoms with Crippen LogP contribution in [0, 0.1) is 5.82 Å². The lowest BCUT2D eigenvalue weighted by molar-refractivity contribution is -0.139. The van der Waals surface area contributed by atoms with Gasteiger partial charge >= 0.3 is 5.97 Å². The number of rotatable bonds is 6. The van der Waals surface area contributed by atoms with E-state index in [-0.39, 0.29) is 30.7 Å². The summed E-state index contributed by atoms with van der Waals surface area (Å²) in [4.78, 5) is 26.6. The molecule has 1 aromatic carbocycles. The summed E-state index contributed by atoms with van der Waals surface area (Å²) < 4.78 is 12.9. The van der Waals surface area contributed by atoms with E-state index in [1.807, 2.05) is 0 Å². The van der Waals surface area contributed by atoms with Crippen molar-refractivity contribution < 1.29 is 19.1 Å². The number of carboxylic acids is 1. The highest BCUT2D eigenvalue weighted by Gasteiger charge is 2.32. The van der Waals surface area contributed by atoms with E-state index in [2.05, 4.69) is 4.90 Å². The highest BCUT2D eigenvalue weighted by atomic mass is 19.1. The molecule has 0 unspecified atom stereocenters. The summed E-state index contributed by atoms with van der Waals surface area (Å²) in [6.07, 6.45) is 1.66. The molecule has 1 saturated heterocycles. The molecule has 1 heterocycles. The third-order valence-corrected chi connectivity index (χ3v) is 3.98. The summed E-state index contributed by atoms with van der Waals surface area (Å²) in [6.45, 7) is 1.64. The van der Waals surface area contributed by atoms with Crippen molar-refractivity contribution in [3.63, 3.8) is 0 Å². The summed E-state index contributed by atoms with van der Waals surface area (Å²) in [5, 5.41) is 8.70. The molecule has 22 heavy (non-hydrogen) atoms. The normalized spacial score (nSPS) is 18.4. The molecule has 5 nitrogen and oxygen atoms in total. The van der Waals surface area contributed by atoms with E-state index >= 15 is 0 Å². The van der Waals surface area contributed by atoms with Crippen molar-refractivity contribution in [2.24, 2.45) is 0 Å². The van der Waals surface area contributed by atoms with Crippen LogP contribution in [0.2, 0.25) is 0 Å². The molecule has 1 aromatic rings. The van der Waals surface area contributed by atoms with Gasteiger partial charge in [-0.1, -0.05) is 12.1 Å². The van der Waals surface area contributed by atoms with Crippen LogP contribution in [0.3, 0.4) is 0 Å². The van der Waals surface area contributed by atoms with Crippen molar-refractivity contribution in [3.8, 4) is 0 Å². The summed E-state index contributed by atoms with van der Waals surface area (Å²) in [5.41, 5.74) is 0.967. The van der Waals surface area contributed by atoms with Gasteiger partial charge in [0.15, 0.2) is 0 Å². The standard InChI is InChI=1S/C16H21FN2O3/c1-18(10-8-15(20)21)16(22)14-3-2-9-19(14)11-12-4-6-13(17)7-5-12/h4-7,14H,2-3,8-11H2,1H3,(H,20,21)/t14-/m0/s1. The predicted octanol–water partition coefficient (Wildman–Crippen LogP) is 1.72. The number of carboxylic acid groups (broad SMARTS) is 1. The zero-order valence-electron chi connectivity index (χ0n) is 12.7. The number of carbonyl (C=O) groups excluding carboxylic acids is 1. The van der Waals surface area contributed by atoms with Crippen molar-refractivity contribution in [2.45, 2.75) is 31.8 Å². The van der Waals surface area contributed by atoms with Gasteiger partial charge in [-0.2, -0.15) is 0 Å². The number of halogens is 1. The summed E-state index contributed by atoms with van der Waals surface area (Å²) in [5.74, 6) is -1.22. The molecule has 1 N–H and O–H groups in total. The molecule has 6 heteroatoms.